The molecular weight excluding hydrogens is 564 g/mol. The molecule has 5 aromatic rings. The van der Waals surface area contributed by atoms with Gasteiger partial charge in [-0.3, -0.25) is 19.8 Å². The zero-order chi connectivity index (χ0) is 29.8. The van der Waals surface area contributed by atoms with Gasteiger partial charge in [0.05, 0.1) is 29.5 Å². The molecule has 11 heteroatoms. The topological polar surface area (TPSA) is 113 Å². The van der Waals surface area contributed by atoms with Crippen molar-refractivity contribution < 1.29 is 14.3 Å². The van der Waals surface area contributed by atoms with Crippen molar-refractivity contribution in [2.24, 2.45) is 0 Å². The second-order valence-corrected chi connectivity index (χ2v) is 11.2. The van der Waals surface area contributed by atoms with Gasteiger partial charge in [0.1, 0.15) is 5.75 Å². The number of fused-ring (bicyclic) bond motifs is 2. The first-order chi connectivity index (χ1) is 21.0. The number of carbonyl (C=O) groups excluding carboxylic acids is 2. The number of anilines is 1. The number of hydrogen-bond donors (Lipinski definition) is 2. The summed E-state index contributed by atoms with van der Waals surface area (Å²) in [4.78, 5) is 51.6. The predicted molar refractivity (Wildman–Crippen MR) is 170 cm³/mol. The van der Waals surface area contributed by atoms with Gasteiger partial charge >= 0.3 is 0 Å². The first-order valence-corrected chi connectivity index (χ1v) is 15.2. The third-order valence-corrected chi connectivity index (χ3v) is 8.58. The number of amides is 2. The molecule has 3 heterocycles. The molecule has 0 aliphatic carbocycles. The van der Waals surface area contributed by atoms with Gasteiger partial charge in [0.15, 0.2) is 5.16 Å². The Morgan fingerprint density at radius 2 is 1.67 bits per heavy atom. The van der Waals surface area contributed by atoms with Crippen molar-refractivity contribution >= 4 is 51.1 Å². The number of aryl methyl sites for hydroxylation is 1. The van der Waals surface area contributed by atoms with E-state index in [4.69, 9.17) is 4.74 Å². The Balaban J connectivity index is 1.13. The lowest BCUT2D eigenvalue weighted by molar-refractivity contribution is -0.128. The Labute approximate surface area is 252 Å². The highest BCUT2D eigenvalue weighted by Gasteiger charge is 2.24. The van der Waals surface area contributed by atoms with E-state index in [0.29, 0.717) is 43.5 Å². The summed E-state index contributed by atoms with van der Waals surface area (Å²) in [6, 6.07) is 22.8. The Hall–Kier alpha value is -4.77. The number of methoxy groups -OCH3 is 1. The molecule has 2 aromatic heterocycles. The number of hydrogen-bond acceptors (Lipinski definition) is 7. The monoisotopic (exact) mass is 596 g/mol. The fraction of sp³-hybridized carbons (Fsp3) is 0.250. The van der Waals surface area contributed by atoms with Crippen LogP contribution in [0, 0.1) is 0 Å². The minimum Gasteiger partial charge on any atom is -0.495 e. The summed E-state index contributed by atoms with van der Waals surface area (Å²) in [6.45, 7) is 2.50. The average Bonchev–Trinajstić information content (AvgIpc) is 3.47. The average molecular weight is 597 g/mol. The summed E-state index contributed by atoms with van der Waals surface area (Å²) in [5.41, 5.74) is 5.93. The van der Waals surface area contributed by atoms with Crippen LogP contribution in [0.4, 0.5) is 5.69 Å². The lowest BCUT2D eigenvalue weighted by Crippen LogP contribution is -2.49. The molecular formula is C32H32N6O4S. The van der Waals surface area contributed by atoms with Gasteiger partial charge in [-0.05, 0) is 42.3 Å². The van der Waals surface area contributed by atoms with Gasteiger partial charge in [0.25, 0.3) is 5.56 Å². The Kier molecular flexibility index (Phi) is 8.32. The first-order valence-electron chi connectivity index (χ1n) is 14.2. The lowest BCUT2D eigenvalue weighted by Gasteiger charge is -2.36. The molecule has 0 bridgehead atoms. The molecule has 0 radical (unpaired) electrons. The number of piperazine rings is 1. The normalized spacial score (nSPS) is 13.4. The van der Waals surface area contributed by atoms with E-state index in [-0.39, 0.29) is 34.7 Å². The Bertz CT molecular complexity index is 1840. The number of nitrogens with zero attached hydrogens (tertiary/aromatic N) is 4. The fourth-order valence-corrected chi connectivity index (χ4v) is 6.24. The van der Waals surface area contributed by atoms with E-state index in [9.17, 15) is 14.4 Å². The number of para-hydroxylation sites is 4. The van der Waals surface area contributed by atoms with Crippen molar-refractivity contribution in [2.75, 3.05) is 49.4 Å². The zero-order valence-corrected chi connectivity index (χ0v) is 24.6. The van der Waals surface area contributed by atoms with Crippen LogP contribution in [-0.2, 0) is 16.0 Å². The number of thioether (sulfide) groups is 1. The number of aromatic nitrogens is 3. The molecule has 0 unspecified atom stereocenters. The maximum Gasteiger partial charge on any atom is 0.281 e. The fourth-order valence-electron chi connectivity index (χ4n) is 5.38. The maximum absolute atomic E-state index is 13.4. The molecule has 220 valence electrons. The molecule has 1 fully saturated rings. The lowest BCUT2D eigenvalue weighted by atomic mass is 10.1. The van der Waals surface area contributed by atoms with Crippen LogP contribution in [0.3, 0.4) is 0 Å². The third kappa shape index (κ3) is 6.07. The van der Waals surface area contributed by atoms with E-state index >= 15 is 0 Å². The molecule has 2 amide bonds. The van der Waals surface area contributed by atoms with E-state index < -0.39 is 0 Å². The van der Waals surface area contributed by atoms with E-state index in [1.165, 1.54) is 4.68 Å². The van der Waals surface area contributed by atoms with Crippen LogP contribution in [0.5, 0.6) is 5.75 Å². The molecule has 10 nitrogen and oxygen atoms in total. The Morgan fingerprint density at radius 3 is 2.49 bits per heavy atom. The summed E-state index contributed by atoms with van der Waals surface area (Å²) in [5.74, 6) is 0.529. The van der Waals surface area contributed by atoms with Gasteiger partial charge in [-0.2, -0.15) is 4.68 Å². The maximum atomic E-state index is 13.4. The standard InChI is InChI=1S/C32H32N6O4S/c1-42-28-13-7-6-12-27(28)36-16-18-37(19-17-36)30(40)21-43-32-34-26-11-5-3-9-24(26)31(41)38(32)35-29(39)15-14-22-20-33-25-10-4-2-8-23(22)25/h2-13,20,33H,14-19,21H2,1H3,(H,35,39). The van der Waals surface area contributed by atoms with Crippen molar-refractivity contribution in [2.45, 2.75) is 18.0 Å². The molecule has 3 aromatic carbocycles. The summed E-state index contributed by atoms with van der Waals surface area (Å²) < 4.78 is 6.68. The molecule has 1 saturated heterocycles. The van der Waals surface area contributed by atoms with E-state index in [0.717, 1.165) is 39.7 Å². The minimum absolute atomic E-state index is 0.0516. The summed E-state index contributed by atoms with van der Waals surface area (Å²) >= 11 is 1.15. The van der Waals surface area contributed by atoms with Gasteiger partial charge in [-0.25, -0.2) is 4.98 Å². The molecule has 1 aliphatic heterocycles. The van der Waals surface area contributed by atoms with Crippen LogP contribution >= 0.6 is 11.8 Å². The number of aromatic amines is 1. The highest BCUT2D eigenvalue weighted by Crippen LogP contribution is 2.28. The number of benzene rings is 3. The summed E-state index contributed by atoms with van der Waals surface area (Å²) in [5, 5.41) is 1.73. The number of H-pyrrole nitrogens is 1. The van der Waals surface area contributed by atoms with E-state index in [1.807, 2.05) is 59.6 Å². The van der Waals surface area contributed by atoms with Crippen molar-refractivity contribution in [1.29, 1.82) is 0 Å². The SMILES string of the molecule is COc1ccccc1N1CCN(C(=O)CSc2nc3ccccc3c(=O)n2NC(=O)CCc2c[nH]c3ccccc23)CC1. The number of ether oxygens (including phenoxy) is 1. The molecule has 6 rings (SSSR count). The van der Waals surface area contributed by atoms with Crippen molar-refractivity contribution in [3.8, 4) is 5.75 Å². The highest BCUT2D eigenvalue weighted by atomic mass is 32.2. The van der Waals surface area contributed by atoms with Gasteiger partial charge < -0.3 is 19.5 Å². The van der Waals surface area contributed by atoms with E-state index in [2.05, 4.69) is 20.3 Å². The van der Waals surface area contributed by atoms with Crippen LogP contribution in [0.1, 0.15) is 12.0 Å². The zero-order valence-electron chi connectivity index (χ0n) is 23.8. The molecule has 1 aliphatic rings. The van der Waals surface area contributed by atoms with Gasteiger partial charge in [-0.1, -0.05) is 54.2 Å². The summed E-state index contributed by atoms with van der Waals surface area (Å²) in [6.07, 6.45) is 2.60. The van der Waals surface area contributed by atoms with Crippen LogP contribution in [0.15, 0.2) is 88.9 Å². The quantitative estimate of drug-likeness (QED) is 0.195. The van der Waals surface area contributed by atoms with Crippen LogP contribution < -0.4 is 20.6 Å². The Morgan fingerprint density at radius 1 is 0.953 bits per heavy atom. The minimum atomic E-state index is -0.383. The summed E-state index contributed by atoms with van der Waals surface area (Å²) in [7, 11) is 1.66. The number of rotatable bonds is 9. The van der Waals surface area contributed by atoms with Crippen molar-refractivity contribution in [1.82, 2.24) is 19.5 Å². The first kappa shape index (κ1) is 28.4. The van der Waals surface area contributed by atoms with Crippen molar-refractivity contribution in [3.05, 3.63) is 94.9 Å². The predicted octanol–water partition coefficient (Wildman–Crippen LogP) is 4.03. The van der Waals surface area contributed by atoms with E-state index in [1.54, 1.807) is 31.4 Å². The van der Waals surface area contributed by atoms with Crippen LogP contribution in [-0.4, -0.2) is 70.4 Å². The highest BCUT2D eigenvalue weighted by molar-refractivity contribution is 7.99. The number of carbonyl (C=O) groups is 2. The molecule has 0 saturated carbocycles. The largest absolute Gasteiger partial charge is 0.495 e. The van der Waals surface area contributed by atoms with Gasteiger partial charge in [0, 0.05) is 49.7 Å². The van der Waals surface area contributed by atoms with Crippen molar-refractivity contribution in [3.63, 3.8) is 0 Å². The molecule has 0 atom stereocenters. The molecule has 0 spiro atoms. The van der Waals surface area contributed by atoms with Crippen LogP contribution in [0.25, 0.3) is 21.8 Å². The second-order valence-electron chi connectivity index (χ2n) is 10.3. The molecule has 2 N–H and O–H groups in total. The van der Waals surface area contributed by atoms with Gasteiger partial charge in [-0.15, -0.1) is 0 Å². The number of nitrogens with one attached hydrogen (secondary N) is 2. The molecule has 43 heavy (non-hydrogen) atoms. The second kappa shape index (κ2) is 12.6. The van der Waals surface area contributed by atoms with Gasteiger partial charge in [0.2, 0.25) is 11.8 Å². The smallest absolute Gasteiger partial charge is 0.281 e. The van der Waals surface area contributed by atoms with Crippen LogP contribution in [0.2, 0.25) is 0 Å². The third-order valence-electron chi connectivity index (χ3n) is 7.66.